The summed E-state index contributed by atoms with van der Waals surface area (Å²) >= 11 is 10.8. The van der Waals surface area contributed by atoms with Crippen LogP contribution in [0.4, 0.5) is 0 Å². The maximum absolute atomic E-state index is 11.0. The third kappa shape index (κ3) is 2.85. The fourth-order valence-electron chi connectivity index (χ4n) is 1.29. The van der Waals surface area contributed by atoms with Gasteiger partial charge in [-0.3, -0.25) is 0 Å². The molecule has 0 saturated heterocycles. The van der Waals surface area contributed by atoms with Crippen LogP contribution in [0.15, 0.2) is 50.9 Å². The Morgan fingerprint density at radius 2 is 2.06 bits per heavy atom. The van der Waals surface area contributed by atoms with Crippen molar-refractivity contribution in [3.05, 3.63) is 51.6 Å². The fourth-order valence-corrected chi connectivity index (χ4v) is 2.96. The summed E-state index contributed by atoms with van der Waals surface area (Å²) in [5, 5.41) is 9.61. The topological polar surface area (TPSA) is 50.2 Å². The van der Waals surface area contributed by atoms with Gasteiger partial charge in [-0.15, -0.1) is 0 Å². The lowest BCUT2D eigenvalue weighted by Gasteiger charge is -2.06. The van der Waals surface area contributed by atoms with Crippen LogP contribution in [0.1, 0.15) is 10.4 Å². The largest absolute Gasteiger partial charge is 0.478 e. The maximum atomic E-state index is 11.0. The Balaban J connectivity index is 2.39. The molecule has 0 amide bonds. The van der Waals surface area contributed by atoms with Crippen LogP contribution in [0.5, 0.6) is 0 Å². The monoisotopic (exact) mass is 343 g/mol. The normalized spacial score (nSPS) is 10.3. The Morgan fingerprint density at radius 1 is 1.33 bits per heavy atom. The summed E-state index contributed by atoms with van der Waals surface area (Å²) in [5.74, 6) is -1.06. The molecule has 1 aromatic heterocycles. The molecule has 0 radical (unpaired) electrons. The lowest BCUT2D eigenvalue weighted by molar-refractivity contribution is 0.0696. The predicted molar refractivity (Wildman–Crippen MR) is 74.5 cm³/mol. The summed E-state index contributed by atoms with van der Waals surface area (Å²) in [6.45, 7) is 0. The summed E-state index contributed by atoms with van der Waals surface area (Å²) in [7, 11) is 0. The van der Waals surface area contributed by atoms with E-state index in [4.69, 9.17) is 16.7 Å². The molecule has 0 atom stereocenters. The van der Waals surface area contributed by atoms with Gasteiger partial charge in [0.15, 0.2) is 0 Å². The fraction of sp³-hybridized carbons (Fsp3) is 0. The van der Waals surface area contributed by atoms with E-state index >= 15 is 0 Å². The number of aromatic nitrogens is 1. The Labute approximate surface area is 121 Å². The van der Waals surface area contributed by atoms with Gasteiger partial charge >= 0.3 is 5.97 Å². The van der Waals surface area contributed by atoms with Gasteiger partial charge in [-0.25, -0.2) is 9.78 Å². The van der Waals surface area contributed by atoms with Crippen LogP contribution in [-0.4, -0.2) is 16.1 Å². The van der Waals surface area contributed by atoms with E-state index in [1.54, 1.807) is 0 Å². The standard InChI is InChI=1S/C12H7BrClNO2S/c13-8-3-1-2-4-9(8)18-11-10(14)7(12(16)17)5-6-15-11/h1-6H,(H,16,17). The minimum Gasteiger partial charge on any atom is -0.478 e. The van der Waals surface area contributed by atoms with E-state index in [0.717, 1.165) is 9.37 Å². The molecule has 0 fully saturated rings. The lowest BCUT2D eigenvalue weighted by atomic mass is 10.3. The van der Waals surface area contributed by atoms with Gasteiger partial charge in [0.1, 0.15) is 5.03 Å². The number of pyridine rings is 1. The Bertz CT molecular complexity index is 606. The van der Waals surface area contributed by atoms with Crippen molar-refractivity contribution in [2.24, 2.45) is 0 Å². The highest BCUT2D eigenvalue weighted by Gasteiger charge is 2.14. The van der Waals surface area contributed by atoms with Gasteiger partial charge in [0.25, 0.3) is 0 Å². The number of nitrogens with zero attached hydrogens (tertiary/aromatic N) is 1. The summed E-state index contributed by atoms with van der Waals surface area (Å²) in [4.78, 5) is 16.0. The highest BCUT2D eigenvalue weighted by Crippen LogP contribution is 2.36. The van der Waals surface area contributed by atoms with Gasteiger partial charge in [0.2, 0.25) is 0 Å². The Kier molecular flexibility index (Phi) is 4.27. The second kappa shape index (κ2) is 5.73. The van der Waals surface area contributed by atoms with E-state index in [1.807, 2.05) is 24.3 Å². The zero-order valence-corrected chi connectivity index (χ0v) is 12.1. The first kappa shape index (κ1) is 13.4. The zero-order chi connectivity index (χ0) is 13.1. The molecule has 0 unspecified atom stereocenters. The molecule has 92 valence electrons. The van der Waals surface area contributed by atoms with Crippen LogP contribution in [0.25, 0.3) is 0 Å². The zero-order valence-electron chi connectivity index (χ0n) is 8.93. The number of hydrogen-bond acceptors (Lipinski definition) is 3. The van der Waals surface area contributed by atoms with Gasteiger partial charge in [-0.1, -0.05) is 35.5 Å². The molecule has 0 aliphatic heterocycles. The molecule has 0 saturated carbocycles. The average Bonchev–Trinajstić information content (AvgIpc) is 2.34. The Morgan fingerprint density at radius 3 is 2.72 bits per heavy atom. The molecular formula is C12H7BrClNO2S. The van der Waals surface area contributed by atoms with Gasteiger partial charge < -0.3 is 5.11 Å². The summed E-state index contributed by atoms with van der Waals surface area (Å²) in [5.41, 5.74) is 0.0567. The summed E-state index contributed by atoms with van der Waals surface area (Å²) in [6, 6.07) is 8.98. The molecule has 2 rings (SSSR count). The third-order valence-electron chi connectivity index (χ3n) is 2.13. The number of carboxylic acids is 1. The smallest absolute Gasteiger partial charge is 0.337 e. The quantitative estimate of drug-likeness (QED) is 0.899. The second-order valence-corrected chi connectivity index (χ2v) is 5.58. The highest BCUT2D eigenvalue weighted by atomic mass is 79.9. The van der Waals surface area contributed by atoms with E-state index < -0.39 is 5.97 Å². The molecule has 3 nitrogen and oxygen atoms in total. The number of carboxylic acid groups (broad SMARTS) is 1. The van der Waals surface area contributed by atoms with Crippen molar-refractivity contribution in [2.75, 3.05) is 0 Å². The number of carbonyl (C=O) groups is 1. The van der Waals surface area contributed by atoms with Crippen LogP contribution in [-0.2, 0) is 0 Å². The molecule has 0 spiro atoms. The second-order valence-electron chi connectivity index (χ2n) is 3.32. The van der Waals surface area contributed by atoms with Crippen molar-refractivity contribution in [1.82, 2.24) is 4.98 Å². The minimum atomic E-state index is -1.06. The first-order valence-corrected chi connectivity index (χ1v) is 6.88. The molecule has 6 heteroatoms. The van der Waals surface area contributed by atoms with Crippen molar-refractivity contribution in [3.8, 4) is 0 Å². The Hall–Kier alpha value is -1.04. The molecule has 18 heavy (non-hydrogen) atoms. The molecule has 1 aromatic carbocycles. The number of halogens is 2. The van der Waals surface area contributed by atoms with Crippen LogP contribution in [0.3, 0.4) is 0 Å². The van der Waals surface area contributed by atoms with Crippen molar-refractivity contribution < 1.29 is 9.90 Å². The maximum Gasteiger partial charge on any atom is 0.337 e. The number of aromatic carboxylic acids is 1. The van der Waals surface area contributed by atoms with Crippen molar-refractivity contribution in [2.45, 2.75) is 9.92 Å². The van der Waals surface area contributed by atoms with Gasteiger partial charge in [0, 0.05) is 15.6 Å². The van der Waals surface area contributed by atoms with Crippen LogP contribution >= 0.6 is 39.3 Å². The van der Waals surface area contributed by atoms with Gasteiger partial charge in [0.05, 0.1) is 10.6 Å². The molecule has 1 N–H and O–H groups in total. The van der Waals surface area contributed by atoms with Crippen molar-refractivity contribution in [1.29, 1.82) is 0 Å². The number of hydrogen-bond donors (Lipinski definition) is 1. The average molecular weight is 345 g/mol. The van der Waals surface area contributed by atoms with Crippen molar-refractivity contribution in [3.63, 3.8) is 0 Å². The van der Waals surface area contributed by atoms with Gasteiger partial charge in [-0.05, 0) is 34.1 Å². The first-order valence-electron chi connectivity index (χ1n) is 4.90. The van der Waals surface area contributed by atoms with Gasteiger partial charge in [-0.2, -0.15) is 0 Å². The molecule has 1 heterocycles. The molecular weight excluding hydrogens is 338 g/mol. The first-order chi connectivity index (χ1) is 8.59. The van der Waals surface area contributed by atoms with E-state index in [9.17, 15) is 4.79 Å². The van der Waals surface area contributed by atoms with Crippen molar-refractivity contribution >= 4 is 45.3 Å². The summed E-state index contributed by atoms with van der Waals surface area (Å²) in [6.07, 6.45) is 1.44. The highest BCUT2D eigenvalue weighted by molar-refractivity contribution is 9.10. The molecule has 0 aliphatic rings. The minimum absolute atomic E-state index is 0.0567. The third-order valence-corrected chi connectivity index (χ3v) is 4.66. The molecule has 0 aliphatic carbocycles. The summed E-state index contributed by atoms with van der Waals surface area (Å²) < 4.78 is 0.911. The number of rotatable bonds is 3. The van der Waals surface area contributed by atoms with E-state index in [2.05, 4.69) is 20.9 Å². The van der Waals surface area contributed by atoms with E-state index in [1.165, 1.54) is 24.0 Å². The SMILES string of the molecule is O=C(O)c1ccnc(Sc2ccccc2Br)c1Cl. The van der Waals surface area contributed by atoms with Crippen LogP contribution < -0.4 is 0 Å². The van der Waals surface area contributed by atoms with E-state index in [-0.39, 0.29) is 10.6 Å². The predicted octanol–water partition coefficient (Wildman–Crippen LogP) is 4.35. The molecule has 0 bridgehead atoms. The number of benzene rings is 1. The lowest BCUT2D eigenvalue weighted by Crippen LogP contribution is -1.99. The van der Waals surface area contributed by atoms with Crippen LogP contribution in [0, 0.1) is 0 Å². The molecule has 2 aromatic rings. The van der Waals surface area contributed by atoms with Crippen LogP contribution in [0.2, 0.25) is 5.02 Å². The van der Waals surface area contributed by atoms with E-state index in [0.29, 0.717) is 5.03 Å².